The summed E-state index contributed by atoms with van der Waals surface area (Å²) in [5.74, 6) is -1.04. The topological polar surface area (TPSA) is 90.7 Å². The first kappa shape index (κ1) is 10.5. The number of aliphatic hydroxyl groups is 2. The zero-order chi connectivity index (χ0) is 11.7. The number of aromatic carboxylic acids is 1. The lowest BCUT2D eigenvalue weighted by Gasteiger charge is -2.05. The Balaban J connectivity index is 2.57. The molecular formula is C11H9NO4. The van der Waals surface area contributed by atoms with E-state index in [9.17, 15) is 4.79 Å². The van der Waals surface area contributed by atoms with Crippen LogP contribution in [0.5, 0.6) is 0 Å². The Morgan fingerprint density at radius 3 is 2.62 bits per heavy atom. The normalized spacial score (nSPS) is 10.9. The molecule has 1 aromatic heterocycles. The van der Waals surface area contributed by atoms with Crippen LogP contribution < -0.4 is 0 Å². The molecule has 1 heterocycles. The molecule has 0 bridgehead atoms. The second-order valence-corrected chi connectivity index (χ2v) is 3.35. The van der Waals surface area contributed by atoms with Crippen LogP contribution in [0.2, 0.25) is 0 Å². The summed E-state index contributed by atoms with van der Waals surface area (Å²) in [5.41, 5.74) is 0.948. The number of pyridine rings is 1. The number of hydrogen-bond donors (Lipinski definition) is 3. The van der Waals surface area contributed by atoms with Crippen molar-refractivity contribution in [1.29, 1.82) is 0 Å². The number of carboxylic acids is 1. The van der Waals surface area contributed by atoms with Gasteiger partial charge in [-0.2, -0.15) is 0 Å². The van der Waals surface area contributed by atoms with Crippen molar-refractivity contribution in [2.24, 2.45) is 0 Å². The van der Waals surface area contributed by atoms with Crippen LogP contribution in [0, 0.1) is 0 Å². The highest BCUT2D eigenvalue weighted by Crippen LogP contribution is 2.18. The number of fused-ring (bicyclic) bond motifs is 1. The standard InChI is InChI=1S/C11H9NO4/c13-10(14)7-2-1-6-3-8(11(15)16)5-12-9(6)4-7/h1-5,10,13-14H,(H,15,16). The SMILES string of the molecule is O=C(O)c1cnc2cc(C(O)O)ccc2c1. The summed E-state index contributed by atoms with van der Waals surface area (Å²) >= 11 is 0. The highest BCUT2D eigenvalue weighted by atomic mass is 16.5. The fraction of sp³-hybridized carbons (Fsp3) is 0.0909. The molecular weight excluding hydrogens is 210 g/mol. The fourth-order valence-electron chi connectivity index (χ4n) is 1.42. The maximum Gasteiger partial charge on any atom is 0.337 e. The van der Waals surface area contributed by atoms with Crippen molar-refractivity contribution in [3.05, 3.63) is 41.6 Å². The zero-order valence-electron chi connectivity index (χ0n) is 8.16. The lowest BCUT2D eigenvalue weighted by molar-refractivity contribution is -0.0424. The van der Waals surface area contributed by atoms with Crippen LogP contribution in [0.25, 0.3) is 10.9 Å². The molecule has 3 N–H and O–H groups in total. The summed E-state index contributed by atoms with van der Waals surface area (Å²) in [6.07, 6.45) is -0.316. The van der Waals surface area contributed by atoms with Crippen molar-refractivity contribution in [3.63, 3.8) is 0 Å². The van der Waals surface area contributed by atoms with Crippen LogP contribution in [0.3, 0.4) is 0 Å². The number of carbonyl (C=O) groups is 1. The van der Waals surface area contributed by atoms with Gasteiger partial charge in [-0.3, -0.25) is 4.98 Å². The summed E-state index contributed by atoms with van der Waals surface area (Å²) in [6, 6.07) is 6.10. The van der Waals surface area contributed by atoms with Crippen molar-refractivity contribution in [2.75, 3.05) is 0 Å². The Kier molecular flexibility index (Phi) is 2.55. The van der Waals surface area contributed by atoms with Gasteiger partial charge in [0.2, 0.25) is 0 Å². The molecule has 2 rings (SSSR count). The van der Waals surface area contributed by atoms with Crippen molar-refractivity contribution >= 4 is 16.9 Å². The molecule has 82 valence electrons. The van der Waals surface area contributed by atoms with Gasteiger partial charge in [0.25, 0.3) is 0 Å². The number of nitrogens with zero attached hydrogens (tertiary/aromatic N) is 1. The molecule has 0 saturated carbocycles. The maximum absolute atomic E-state index is 10.7. The van der Waals surface area contributed by atoms with Crippen LogP contribution in [-0.2, 0) is 0 Å². The predicted octanol–water partition coefficient (Wildman–Crippen LogP) is 0.916. The number of aromatic nitrogens is 1. The van der Waals surface area contributed by atoms with E-state index in [1.165, 1.54) is 24.4 Å². The maximum atomic E-state index is 10.7. The molecule has 5 heteroatoms. The minimum atomic E-state index is -1.55. The van der Waals surface area contributed by atoms with E-state index in [4.69, 9.17) is 15.3 Å². The molecule has 0 aliphatic carbocycles. The van der Waals surface area contributed by atoms with Crippen LogP contribution in [0.4, 0.5) is 0 Å². The molecule has 0 fully saturated rings. The summed E-state index contributed by atoms with van der Waals surface area (Å²) in [5, 5.41) is 27.3. The third kappa shape index (κ3) is 1.86. The number of carboxylic acid groups (broad SMARTS) is 1. The number of hydrogen-bond acceptors (Lipinski definition) is 4. The van der Waals surface area contributed by atoms with Gasteiger partial charge in [-0.15, -0.1) is 0 Å². The largest absolute Gasteiger partial charge is 0.478 e. The third-order valence-corrected chi connectivity index (χ3v) is 2.25. The van der Waals surface area contributed by atoms with Crippen molar-refractivity contribution < 1.29 is 20.1 Å². The van der Waals surface area contributed by atoms with Gasteiger partial charge in [0.05, 0.1) is 11.1 Å². The zero-order valence-corrected chi connectivity index (χ0v) is 8.16. The third-order valence-electron chi connectivity index (χ3n) is 2.25. The van der Waals surface area contributed by atoms with Gasteiger partial charge >= 0.3 is 5.97 Å². The molecule has 1 aromatic carbocycles. The minimum absolute atomic E-state index is 0.102. The molecule has 2 aromatic rings. The Hall–Kier alpha value is -1.98. The van der Waals surface area contributed by atoms with Crippen LogP contribution in [0.1, 0.15) is 22.2 Å². The first-order valence-electron chi connectivity index (χ1n) is 4.57. The molecule has 0 atom stereocenters. The molecule has 0 radical (unpaired) electrons. The first-order valence-corrected chi connectivity index (χ1v) is 4.57. The minimum Gasteiger partial charge on any atom is -0.478 e. The number of aliphatic hydroxyl groups excluding tert-OH is 1. The van der Waals surface area contributed by atoms with E-state index in [-0.39, 0.29) is 5.56 Å². The van der Waals surface area contributed by atoms with Gasteiger partial charge in [0.15, 0.2) is 6.29 Å². The molecule has 0 spiro atoms. The average Bonchev–Trinajstić information content (AvgIpc) is 2.27. The second-order valence-electron chi connectivity index (χ2n) is 3.35. The second kappa shape index (κ2) is 3.88. The lowest BCUT2D eigenvalue weighted by Crippen LogP contribution is -1.98. The van der Waals surface area contributed by atoms with Crippen molar-refractivity contribution in [1.82, 2.24) is 4.98 Å². The van der Waals surface area contributed by atoms with E-state index in [1.54, 1.807) is 6.07 Å². The summed E-state index contributed by atoms with van der Waals surface area (Å²) in [4.78, 5) is 14.6. The van der Waals surface area contributed by atoms with Crippen molar-refractivity contribution in [2.45, 2.75) is 6.29 Å². The van der Waals surface area contributed by atoms with E-state index in [0.29, 0.717) is 16.5 Å². The number of rotatable bonds is 2. The predicted molar refractivity (Wildman–Crippen MR) is 55.9 cm³/mol. The molecule has 0 aliphatic rings. The molecule has 16 heavy (non-hydrogen) atoms. The van der Waals surface area contributed by atoms with Gasteiger partial charge < -0.3 is 15.3 Å². The van der Waals surface area contributed by atoms with E-state index < -0.39 is 12.3 Å². The summed E-state index contributed by atoms with van der Waals surface area (Å²) < 4.78 is 0. The molecule has 0 unspecified atom stereocenters. The molecule has 0 aliphatic heterocycles. The first-order chi connectivity index (χ1) is 7.58. The molecule has 5 nitrogen and oxygen atoms in total. The quantitative estimate of drug-likeness (QED) is 0.653. The Morgan fingerprint density at radius 2 is 2.00 bits per heavy atom. The Bertz CT molecular complexity index is 551. The van der Waals surface area contributed by atoms with Crippen LogP contribution in [-0.4, -0.2) is 26.3 Å². The highest BCUT2D eigenvalue weighted by Gasteiger charge is 2.07. The van der Waals surface area contributed by atoms with E-state index >= 15 is 0 Å². The summed E-state index contributed by atoms with van der Waals surface area (Å²) in [7, 11) is 0. The van der Waals surface area contributed by atoms with E-state index in [0.717, 1.165) is 0 Å². The Labute approximate surface area is 90.6 Å². The number of benzene rings is 1. The lowest BCUT2D eigenvalue weighted by atomic mass is 10.1. The van der Waals surface area contributed by atoms with Gasteiger partial charge in [-0.25, -0.2) is 4.79 Å². The smallest absolute Gasteiger partial charge is 0.337 e. The fourth-order valence-corrected chi connectivity index (χ4v) is 1.42. The van der Waals surface area contributed by atoms with Gasteiger partial charge in [0.1, 0.15) is 0 Å². The highest BCUT2D eigenvalue weighted by molar-refractivity contribution is 5.92. The molecule has 0 amide bonds. The summed E-state index contributed by atoms with van der Waals surface area (Å²) in [6.45, 7) is 0. The van der Waals surface area contributed by atoms with E-state index in [1.807, 2.05) is 0 Å². The average molecular weight is 219 g/mol. The molecule has 0 saturated heterocycles. The van der Waals surface area contributed by atoms with E-state index in [2.05, 4.69) is 4.98 Å². The van der Waals surface area contributed by atoms with Gasteiger partial charge in [-0.05, 0) is 12.1 Å². The van der Waals surface area contributed by atoms with Crippen LogP contribution in [0.15, 0.2) is 30.5 Å². The monoisotopic (exact) mass is 219 g/mol. The van der Waals surface area contributed by atoms with Gasteiger partial charge in [-0.1, -0.05) is 12.1 Å². The van der Waals surface area contributed by atoms with Crippen LogP contribution >= 0.6 is 0 Å². The van der Waals surface area contributed by atoms with Gasteiger partial charge in [0, 0.05) is 17.1 Å². The van der Waals surface area contributed by atoms with Crippen molar-refractivity contribution in [3.8, 4) is 0 Å². The Morgan fingerprint density at radius 1 is 1.25 bits per heavy atom.